The van der Waals surface area contributed by atoms with Crippen LogP contribution < -0.4 is 5.73 Å². The summed E-state index contributed by atoms with van der Waals surface area (Å²) < 4.78 is 0. The quantitative estimate of drug-likeness (QED) is 0.883. The van der Waals surface area contributed by atoms with Crippen molar-refractivity contribution >= 4 is 11.8 Å². The zero-order valence-corrected chi connectivity index (χ0v) is 11.5. The van der Waals surface area contributed by atoms with Crippen molar-refractivity contribution in [3.63, 3.8) is 0 Å². The lowest BCUT2D eigenvalue weighted by molar-refractivity contribution is -0.128. The van der Waals surface area contributed by atoms with Gasteiger partial charge >= 0.3 is 0 Å². The molecule has 1 aliphatic rings. The Morgan fingerprint density at radius 3 is 2.74 bits per heavy atom. The van der Waals surface area contributed by atoms with Crippen molar-refractivity contribution in [3.8, 4) is 0 Å². The van der Waals surface area contributed by atoms with Gasteiger partial charge in [-0.05, 0) is 31.4 Å². The van der Waals surface area contributed by atoms with Crippen LogP contribution in [0.1, 0.15) is 23.1 Å². The highest BCUT2D eigenvalue weighted by atomic mass is 16.2. The van der Waals surface area contributed by atoms with E-state index in [2.05, 4.69) is 32.0 Å². The van der Waals surface area contributed by atoms with E-state index < -0.39 is 0 Å². The number of carbonyl (C=O) groups is 2. The van der Waals surface area contributed by atoms with Gasteiger partial charge in [-0.25, -0.2) is 0 Å². The number of nitrogens with two attached hydrogens (primary N) is 1. The molecule has 0 bridgehead atoms. The molecule has 4 nitrogen and oxygen atoms in total. The van der Waals surface area contributed by atoms with Gasteiger partial charge in [0.05, 0.1) is 5.92 Å². The van der Waals surface area contributed by atoms with E-state index in [4.69, 9.17) is 5.73 Å². The van der Waals surface area contributed by atoms with Crippen molar-refractivity contribution in [1.29, 1.82) is 0 Å². The van der Waals surface area contributed by atoms with E-state index in [0.717, 1.165) is 6.42 Å². The molecule has 0 aliphatic carbocycles. The number of aryl methyl sites for hydroxylation is 2. The van der Waals surface area contributed by atoms with Crippen molar-refractivity contribution in [1.82, 2.24) is 4.90 Å². The number of rotatable bonds is 4. The topological polar surface area (TPSA) is 63.4 Å². The number of carbonyl (C=O) groups excluding carboxylic acids is 2. The van der Waals surface area contributed by atoms with E-state index in [1.165, 1.54) is 16.7 Å². The second kappa shape index (κ2) is 5.43. The van der Waals surface area contributed by atoms with Gasteiger partial charge in [-0.1, -0.05) is 23.8 Å². The molecule has 4 heteroatoms. The molecule has 1 fully saturated rings. The Balaban J connectivity index is 1.96. The molecular weight excluding hydrogens is 240 g/mol. The van der Waals surface area contributed by atoms with Crippen molar-refractivity contribution in [2.45, 2.75) is 26.7 Å². The fourth-order valence-electron chi connectivity index (χ4n) is 2.56. The molecule has 1 atom stereocenters. The molecule has 1 saturated heterocycles. The molecule has 2 amide bonds. The van der Waals surface area contributed by atoms with Crippen molar-refractivity contribution in [2.75, 3.05) is 13.1 Å². The SMILES string of the molecule is Cc1ccc(CCN2CC(C(N)=O)CC2=O)c(C)c1. The molecule has 19 heavy (non-hydrogen) atoms. The van der Waals surface area contributed by atoms with E-state index in [1.54, 1.807) is 4.90 Å². The monoisotopic (exact) mass is 260 g/mol. The van der Waals surface area contributed by atoms with Crippen LogP contribution in [-0.2, 0) is 16.0 Å². The van der Waals surface area contributed by atoms with Gasteiger partial charge in [0.15, 0.2) is 0 Å². The van der Waals surface area contributed by atoms with Crippen LogP contribution in [-0.4, -0.2) is 29.8 Å². The summed E-state index contributed by atoms with van der Waals surface area (Å²) >= 11 is 0. The minimum Gasteiger partial charge on any atom is -0.369 e. The van der Waals surface area contributed by atoms with E-state index >= 15 is 0 Å². The summed E-state index contributed by atoms with van der Waals surface area (Å²) in [7, 11) is 0. The normalized spacial score (nSPS) is 18.9. The summed E-state index contributed by atoms with van der Waals surface area (Å²) in [4.78, 5) is 24.6. The van der Waals surface area contributed by atoms with Gasteiger partial charge in [-0.2, -0.15) is 0 Å². The number of hydrogen-bond acceptors (Lipinski definition) is 2. The molecule has 0 saturated carbocycles. The van der Waals surface area contributed by atoms with Gasteiger partial charge in [0, 0.05) is 19.5 Å². The van der Waals surface area contributed by atoms with Gasteiger partial charge in [0.1, 0.15) is 0 Å². The van der Waals surface area contributed by atoms with Gasteiger partial charge in [0.2, 0.25) is 11.8 Å². The first-order valence-electron chi connectivity index (χ1n) is 6.60. The Morgan fingerprint density at radius 1 is 1.42 bits per heavy atom. The van der Waals surface area contributed by atoms with E-state index in [-0.39, 0.29) is 24.2 Å². The van der Waals surface area contributed by atoms with Crippen molar-refractivity contribution in [3.05, 3.63) is 34.9 Å². The molecule has 1 aromatic carbocycles. The summed E-state index contributed by atoms with van der Waals surface area (Å²) in [6.45, 7) is 5.28. The zero-order chi connectivity index (χ0) is 14.0. The summed E-state index contributed by atoms with van der Waals surface area (Å²) in [6, 6.07) is 6.34. The highest BCUT2D eigenvalue weighted by Crippen LogP contribution is 2.18. The lowest BCUT2D eigenvalue weighted by Crippen LogP contribution is -2.30. The fraction of sp³-hybridized carbons (Fsp3) is 0.467. The Hall–Kier alpha value is -1.84. The Kier molecular flexibility index (Phi) is 3.88. The second-order valence-electron chi connectivity index (χ2n) is 5.32. The molecule has 102 valence electrons. The smallest absolute Gasteiger partial charge is 0.223 e. The predicted octanol–water partition coefficient (Wildman–Crippen LogP) is 1.18. The minimum atomic E-state index is -0.373. The largest absolute Gasteiger partial charge is 0.369 e. The standard InChI is InChI=1S/C15H20N2O2/c1-10-3-4-12(11(2)7-10)5-6-17-9-13(15(16)19)8-14(17)18/h3-4,7,13H,5-6,8-9H2,1-2H3,(H2,16,19). The average Bonchev–Trinajstić information content (AvgIpc) is 2.70. The molecule has 0 spiro atoms. The lowest BCUT2D eigenvalue weighted by atomic mass is 10.0. The highest BCUT2D eigenvalue weighted by molar-refractivity contribution is 5.88. The van der Waals surface area contributed by atoms with Crippen LogP contribution >= 0.6 is 0 Å². The van der Waals surface area contributed by atoms with Crippen molar-refractivity contribution in [2.24, 2.45) is 11.7 Å². The number of nitrogens with zero attached hydrogens (tertiary/aromatic N) is 1. The molecule has 1 aromatic rings. The fourth-order valence-corrected chi connectivity index (χ4v) is 2.56. The molecular formula is C15H20N2O2. The van der Waals surface area contributed by atoms with Crippen LogP contribution in [0.3, 0.4) is 0 Å². The summed E-state index contributed by atoms with van der Waals surface area (Å²) in [5, 5.41) is 0. The summed E-state index contributed by atoms with van der Waals surface area (Å²) in [5.41, 5.74) is 8.99. The number of benzene rings is 1. The average molecular weight is 260 g/mol. The number of likely N-dealkylation sites (tertiary alicyclic amines) is 1. The maximum atomic E-state index is 11.8. The predicted molar refractivity (Wildman–Crippen MR) is 73.5 cm³/mol. The Morgan fingerprint density at radius 2 is 2.16 bits per heavy atom. The van der Waals surface area contributed by atoms with E-state index in [1.807, 2.05) is 0 Å². The third kappa shape index (κ3) is 3.13. The van der Waals surface area contributed by atoms with Crippen LogP contribution in [0, 0.1) is 19.8 Å². The number of amides is 2. The van der Waals surface area contributed by atoms with Crippen LogP contribution in [0.25, 0.3) is 0 Å². The van der Waals surface area contributed by atoms with Gasteiger partial charge in [-0.15, -0.1) is 0 Å². The molecule has 2 rings (SSSR count). The first-order chi connectivity index (χ1) is 8.97. The lowest BCUT2D eigenvalue weighted by Gasteiger charge is -2.17. The van der Waals surface area contributed by atoms with Crippen molar-refractivity contribution < 1.29 is 9.59 Å². The molecule has 0 aromatic heterocycles. The molecule has 2 N–H and O–H groups in total. The summed E-state index contributed by atoms with van der Waals surface area (Å²) in [5.74, 6) is -0.650. The minimum absolute atomic E-state index is 0.0357. The molecule has 1 aliphatic heterocycles. The number of primary amides is 1. The van der Waals surface area contributed by atoms with E-state index in [9.17, 15) is 9.59 Å². The first-order valence-corrected chi connectivity index (χ1v) is 6.60. The van der Waals surface area contributed by atoms with Gasteiger partial charge < -0.3 is 10.6 Å². The van der Waals surface area contributed by atoms with E-state index in [0.29, 0.717) is 13.1 Å². The second-order valence-corrected chi connectivity index (χ2v) is 5.32. The first kappa shape index (κ1) is 13.6. The van der Waals surface area contributed by atoms with Crippen LogP contribution in [0.4, 0.5) is 0 Å². The van der Waals surface area contributed by atoms with Gasteiger partial charge in [0.25, 0.3) is 0 Å². The third-order valence-electron chi connectivity index (χ3n) is 3.77. The Bertz CT molecular complexity index is 511. The Labute approximate surface area is 113 Å². The highest BCUT2D eigenvalue weighted by Gasteiger charge is 2.32. The molecule has 1 unspecified atom stereocenters. The third-order valence-corrected chi connectivity index (χ3v) is 3.77. The summed E-state index contributed by atoms with van der Waals surface area (Å²) in [6.07, 6.45) is 1.09. The maximum Gasteiger partial charge on any atom is 0.223 e. The van der Waals surface area contributed by atoms with Gasteiger partial charge in [-0.3, -0.25) is 9.59 Å². The zero-order valence-electron chi connectivity index (χ0n) is 11.5. The number of hydrogen-bond donors (Lipinski definition) is 1. The van der Waals surface area contributed by atoms with Crippen LogP contribution in [0.5, 0.6) is 0 Å². The molecule has 0 radical (unpaired) electrons. The van der Waals surface area contributed by atoms with Crippen LogP contribution in [0.15, 0.2) is 18.2 Å². The molecule has 1 heterocycles. The van der Waals surface area contributed by atoms with Crippen LogP contribution in [0.2, 0.25) is 0 Å². The maximum absolute atomic E-state index is 11.8.